The highest BCUT2D eigenvalue weighted by molar-refractivity contribution is 6.23. The average molecular weight is 325 g/mol. The van der Waals surface area contributed by atoms with Crippen LogP contribution in [0.15, 0.2) is 17.1 Å². The van der Waals surface area contributed by atoms with E-state index in [0.29, 0.717) is 0 Å². The van der Waals surface area contributed by atoms with Gasteiger partial charge in [-0.1, -0.05) is 6.92 Å². The van der Waals surface area contributed by atoms with Crippen LogP contribution in [-0.4, -0.2) is 35.7 Å². The Kier molecular flexibility index (Phi) is 5.08. The molecule has 7 heteroatoms. The van der Waals surface area contributed by atoms with Crippen molar-refractivity contribution in [2.24, 2.45) is 10.9 Å². The van der Waals surface area contributed by atoms with Gasteiger partial charge in [-0.15, -0.1) is 0 Å². The van der Waals surface area contributed by atoms with Crippen LogP contribution in [0.4, 0.5) is 8.78 Å². The molecule has 0 heterocycles. The molecule has 1 unspecified atom stereocenters. The van der Waals surface area contributed by atoms with E-state index in [1.807, 2.05) is 0 Å². The van der Waals surface area contributed by atoms with Gasteiger partial charge in [-0.25, -0.2) is 8.78 Å². The van der Waals surface area contributed by atoms with Gasteiger partial charge in [0.05, 0.1) is 18.7 Å². The summed E-state index contributed by atoms with van der Waals surface area (Å²) in [6.07, 6.45) is 1.96. The molecule has 1 aliphatic rings. The minimum atomic E-state index is -1.58. The van der Waals surface area contributed by atoms with Crippen molar-refractivity contribution in [1.29, 1.82) is 0 Å². The number of benzene rings is 1. The summed E-state index contributed by atoms with van der Waals surface area (Å²) < 4.78 is 32.3. The quantitative estimate of drug-likeness (QED) is 0.475. The lowest BCUT2D eigenvalue weighted by molar-refractivity contribution is -0.138. The lowest BCUT2D eigenvalue weighted by Gasteiger charge is -2.15. The molecule has 0 amide bonds. The van der Waals surface area contributed by atoms with Gasteiger partial charge in [0.15, 0.2) is 29.1 Å². The monoisotopic (exact) mass is 325 g/mol. The predicted octanol–water partition coefficient (Wildman–Crippen LogP) is 2.87. The lowest BCUT2D eigenvalue weighted by atomic mass is 9.91. The van der Waals surface area contributed by atoms with Crippen LogP contribution in [0.1, 0.15) is 36.5 Å². The van der Waals surface area contributed by atoms with Gasteiger partial charge in [0, 0.05) is 5.71 Å². The van der Waals surface area contributed by atoms with E-state index >= 15 is 0 Å². The van der Waals surface area contributed by atoms with Crippen LogP contribution in [0.3, 0.4) is 0 Å². The highest BCUT2D eigenvalue weighted by Gasteiger charge is 2.35. The van der Waals surface area contributed by atoms with Crippen molar-refractivity contribution in [3.05, 3.63) is 29.3 Å². The highest BCUT2D eigenvalue weighted by atomic mass is 19.1. The highest BCUT2D eigenvalue weighted by Crippen LogP contribution is 2.29. The second kappa shape index (κ2) is 6.85. The van der Waals surface area contributed by atoms with Crippen LogP contribution >= 0.6 is 0 Å². The van der Waals surface area contributed by atoms with E-state index in [2.05, 4.69) is 9.73 Å². The zero-order valence-electron chi connectivity index (χ0n) is 12.8. The molecular weight excluding hydrogens is 308 g/mol. The van der Waals surface area contributed by atoms with Crippen LogP contribution in [0.2, 0.25) is 0 Å². The molecule has 1 atom stereocenters. The first-order valence-electron chi connectivity index (χ1n) is 7.26. The smallest absolute Gasteiger partial charge is 0.320 e. The van der Waals surface area contributed by atoms with Gasteiger partial charge in [0.25, 0.3) is 0 Å². The van der Waals surface area contributed by atoms with Crippen molar-refractivity contribution in [2.45, 2.75) is 32.2 Å². The summed E-state index contributed by atoms with van der Waals surface area (Å²) in [5.41, 5.74) is -0.319. The number of nitrogens with zero attached hydrogens (tertiary/aromatic N) is 1. The van der Waals surface area contributed by atoms with Gasteiger partial charge in [-0.05, 0) is 31.4 Å². The average Bonchev–Trinajstić information content (AvgIpc) is 3.30. The fourth-order valence-corrected chi connectivity index (χ4v) is 2.28. The number of carbonyl (C=O) groups is 2. The molecule has 0 saturated heterocycles. The van der Waals surface area contributed by atoms with E-state index in [4.69, 9.17) is 0 Å². The Bertz CT molecular complexity index is 668. The third kappa shape index (κ3) is 3.55. The second-order valence-electron chi connectivity index (χ2n) is 5.28. The second-order valence-corrected chi connectivity index (χ2v) is 5.28. The number of Topliss-reactive ketones (excluding diaryl/α,β-unsaturated/α-hetero) is 1. The molecule has 23 heavy (non-hydrogen) atoms. The molecule has 1 aromatic carbocycles. The summed E-state index contributed by atoms with van der Waals surface area (Å²) in [4.78, 5) is 28.3. The van der Waals surface area contributed by atoms with Crippen molar-refractivity contribution in [3.63, 3.8) is 0 Å². The fraction of sp³-hybridized carbons (Fsp3) is 0.438. The van der Waals surface area contributed by atoms with Crippen molar-refractivity contribution in [3.8, 4) is 5.75 Å². The summed E-state index contributed by atoms with van der Waals surface area (Å²) >= 11 is 0. The lowest BCUT2D eigenvalue weighted by Crippen LogP contribution is -2.32. The van der Waals surface area contributed by atoms with Crippen LogP contribution < -0.4 is 4.74 Å². The molecule has 124 valence electrons. The van der Waals surface area contributed by atoms with E-state index in [-0.39, 0.29) is 18.2 Å². The Hall–Kier alpha value is -2.31. The number of halogens is 2. The molecule has 2 rings (SSSR count). The first-order valence-corrected chi connectivity index (χ1v) is 7.26. The number of carbonyl (C=O) groups excluding carboxylic acids is 1. The van der Waals surface area contributed by atoms with Crippen molar-refractivity contribution in [1.82, 2.24) is 0 Å². The number of rotatable bonds is 7. The van der Waals surface area contributed by atoms with Gasteiger partial charge in [-0.2, -0.15) is 0 Å². The molecule has 0 aliphatic heterocycles. The summed E-state index contributed by atoms with van der Waals surface area (Å²) in [7, 11) is 1.07. The van der Waals surface area contributed by atoms with Gasteiger partial charge < -0.3 is 9.84 Å². The predicted molar refractivity (Wildman–Crippen MR) is 79.1 cm³/mol. The van der Waals surface area contributed by atoms with Crippen molar-refractivity contribution >= 4 is 17.5 Å². The first kappa shape index (κ1) is 17.1. The number of aliphatic carboxylic acids is 1. The van der Waals surface area contributed by atoms with Gasteiger partial charge in [0.1, 0.15) is 0 Å². The van der Waals surface area contributed by atoms with Crippen molar-refractivity contribution in [2.75, 3.05) is 7.11 Å². The van der Waals surface area contributed by atoms with E-state index in [1.54, 1.807) is 6.92 Å². The van der Waals surface area contributed by atoms with E-state index in [1.165, 1.54) is 0 Å². The zero-order valence-corrected chi connectivity index (χ0v) is 12.8. The molecule has 0 spiro atoms. The molecular formula is C16H17F2NO4. The van der Waals surface area contributed by atoms with E-state index < -0.39 is 40.6 Å². The maximum atomic E-state index is 14.2. The number of carboxylic acid groups (broad SMARTS) is 1. The third-order valence-electron chi connectivity index (χ3n) is 3.62. The maximum Gasteiger partial charge on any atom is 0.320 e. The molecule has 1 aromatic rings. The number of hydrogen-bond donors (Lipinski definition) is 1. The Balaban J connectivity index is 2.44. The Morgan fingerprint density at radius 1 is 1.39 bits per heavy atom. The van der Waals surface area contributed by atoms with Gasteiger partial charge in [-0.3, -0.25) is 14.6 Å². The molecule has 0 radical (unpaired) electrons. The van der Waals surface area contributed by atoms with Crippen LogP contribution in [0, 0.1) is 17.6 Å². The molecule has 1 aliphatic carbocycles. The first-order chi connectivity index (χ1) is 10.9. The van der Waals surface area contributed by atoms with E-state index in [0.717, 1.165) is 32.1 Å². The number of methoxy groups -OCH3 is 1. The van der Waals surface area contributed by atoms with Gasteiger partial charge in [0.2, 0.25) is 0 Å². The number of ether oxygens (including phenoxy) is 1. The third-order valence-corrected chi connectivity index (χ3v) is 3.62. The topological polar surface area (TPSA) is 76.0 Å². The molecule has 0 aromatic heterocycles. The van der Waals surface area contributed by atoms with Crippen LogP contribution in [-0.2, 0) is 4.79 Å². The number of ketones is 1. The maximum absolute atomic E-state index is 14.2. The van der Waals surface area contributed by atoms with Crippen LogP contribution in [0.25, 0.3) is 0 Å². The summed E-state index contributed by atoms with van der Waals surface area (Å²) in [5.74, 6) is -6.82. The molecule has 5 nitrogen and oxygen atoms in total. The zero-order chi connectivity index (χ0) is 17.1. The Morgan fingerprint density at radius 3 is 2.52 bits per heavy atom. The Morgan fingerprint density at radius 2 is 2.04 bits per heavy atom. The number of aliphatic imine (C=N–C) groups is 1. The largest absolute Gasteiger partial charge is 0.491 e. The van der Waals surface area contributed by atoms with Gasteiger partial charge >= 0.3 is 5.97 Å². The summed E-state index contributed by atoms with van der Waals surface area (Å²) in [6.45, 7) is 1.69. The minimum absolute atomic E-state index is 0.0344. The van der Waals surface area contributed by atoms with Crippen molar-refractivity contribution < 1.29 is 28.2 Å². The normalized spacial score (nSPS) is 16.1. The standard InChI is InChI=1S/C16H17F2NO4/c1-3-11(19-8-4-5-8)12(16(21)22)14(20)9-6-7-10(17)15(23-2)13(9)18/h6-8,12H,3-5H2,1-2H3,(H,21,22). The summed E-state index contributed by atoms with van der Waals surface area (Å²) in [6, 6.07) is 1.83. The SMILES string of the molecule is CCC(=NC1CC1)C(C(=O)O)C(=O)c1ccc(F)c(OC)c1F. The number of hydrogen-bond acceptors (Lipinski definition) is 4. The molecule has 1 saturated carbocycles. The fourth-order valence-electron chi connectivity index (χ4n) is 2.28. The van der Waals surface area contributed by atoms with Crippen LogP contribution in [0.5, 0.6) is 5.75 Å². The molecule has 1 N–H and O–H groups in total. The van der Waals surface area contributed by atoms with E-state index in [9.17, 15) is 23.5 Å². The molecule has 1 fully saturated rings. The Labute approximate surface area is 132 Å². The summed E-state index contributed by atoms with van der Waals surface area (Å²) in [5, 5.41) is 9.38. The number of carboxylic acids is 1. The molecule has 0 bridgehead atoms. The minimum Gasteiger partial charge on any atom is -0.491 e.